The number of benzene rings is 2. The second-order valence-electron chi connectivity index (χ2n) is 6.31. The summed E-state index contributed by atoms with van der Waals surface area (Å²) in [6, 6.07) is 12.8. The number of hydrogen-bond acceptors (Lipinski definition) is 7. The van der Waals surface area contributed by atoms with Gasteiger partial charge in [-0.3, -0.25) is 4.79 Å². The van der Waals surface area contributed by atoms with Crippen LogP contribution in [0.15, 0.2) is 62.3 Å². The minimum atomic E-state index is -4.38. The topological polar surface area (TPSA) is 67.2 Å². The summed E-state index contributed by atoms with van der Waals surface area (Å²) in [6.07, 6.45) is -3.10. The van der Waals surface area contributed by atoms with Gasteiger partial charge in [0.05, 0.1) is 17.5 Å². The molecule has 11 heteroatoms. The molecular weight excluding hydrogens is 465 g/mol. The zero-order valence-electron chi connectivity index (χ0n) is 16.2. The Bertz CT molecular complexity index is 1040. The SMILES string of the molecule is Cc1ccc(CSc2nnc(SCC(=O)N/N=C/c3ccc(C(F)(F)F)cc3)s2)cc1. The summed E-state index contributed by atoms with van der Waals surface area (Å²) in [7, 11) is 0. The number of rotatable bonds is 8. The van der Waals surface area contributed by atoms with Crippen LogP contribution < -0.4 is 5.43 Å². The first kappa shape index (κ1) is 23.3. The predicted octanol–water partition coefficient (Wildman–Crippen LogP) is 5.40. The highest BCUT2D eigenvalue weighted by atomic mass is 32.2. The van der Waals surface area contributed by atoms with Crippen molar-refractivity contribution in [2.24, 2.45) is 5.10 Å². The number of hydrazone groups is 1. The molecule has 0 aliphatic carbocycles. The van der Waals surface area contributed by atoms with Gasteiger partial charge >= 0.3 is 6.18 Å². The van der Waals surface area contributed by atoms with E-state index in [-0.39, 0.29) is 11.7 Å². The van der Waals surface area contributed by atoms with Gasteiger partial charge in [-0.1, -0.05) is 76.8 Å². The number of halogens is 3. The minimum absolute atomic E-state index is 0.0988. The van der Waals surface area contributed by atoms with Crippen molar-refractivity contribution in [1.82, 2.24) is 15.6 Å². The van der Waals surface area contributed by atoms with E-state index in [4.69, 9.17) is 0 Å². The lowest BCUT2D eigenvalue weighted by Crippen LogP contribution is -2.19. The smallest absolute Gasteiger partial charge is 0.272 e. The fourth-order valence-corrected chi connectivity index (χ4v) is 5.01. The maximum atomic E-state index is 12.5. The van der Waals surface area contributed by atoms with E-state index in [1.807, 2.05) is 6.92 Å². The van der Waals surface area contributed by atoms with Gasteiger partial charge in [-0.05, 0) is 30.2 Å². The molecule has 1 amide bonds. The molecule has 0 fully saturated rings. The third-order valence-corrected chi connectivity index (χ3v) is 7.10. The number of thioether (sulfide) groups is 2. The molecule has 0 unspecified atom stereocenters. The summed E-state index contributed by atoms with van der Waals surface area (Å²) in [5, 5.41) is 12.0. The maximum absolute atomic E-state index is 12.5. The fourth-order valence-electron chi connectivity index (χ4n) is 2.24. The molecule has 1 heterocycles. The van der Waals surface area contributed by atoms with Crippen LogP contribution in [0, 0.1) is 6.92 Å². The minimum Gasteiger partial charge on any atom is -0.272 e. The average molecular weight is 483 g/mol. The maximum Gasteiger partial charge on any atom is 0.416 e. The molecule has 0 radical (unpaired) electrons. The van der Waals surface area contributed by atoms with Crippen LogP contribution in [0.1, 0.15) is 22.3 Å². The van der Waals surface area contributed by atoms with Gasteiger partial charge in [-0.15, -0.1) is 10.2 Å². The third-order valence-electron chi connectivity index (χ3n) is 3.84. The Labute approximate surface area is 189 Å². The molecule has 0 saturated carbocycles. The highest BCUT2D eigenvalue weighted by Crippen LogP contribution is 2.31. The second kappa shape index (κ2) is 10.8. The van der Waals surface area contributed by atoms with Crippen LogP contribution in [-0.2, 0) is 16.7 Å². The van der Waals surface area contributed by atoms with Gasteiger partial charge in [-0.25, -0.2) is 5.43 Å². The predicted molar refractivity (Wildman–Crippen MR) is 119 cm³/mol. The molecule has 2 aromatic carbocycles. The highest BCUT2D eigenvalue weighted by molar-refractivity contribution is 8.03. The van der Waals surface area contributed by atoms with E-state index in [2.05, 4.69) is 45.0 Å². The molecule has 162 valence electrons. The van der Waals surface area contributed by atoms with Crippen LogP contribution in [-0.4, -0.2) is 28.1 Å². The monoisotopic (exact) mass is 482 g/mol. The van der Waals surface area contributed by atoms with Crippen LogP contribution in [0.4, 0.5) is 13.2 Å². The van der Waals surface area contributed by atoms with E-state index in [0.717, 1.165) is 22.2 Å². The number of carbonyl (C=O) groups excluding carboxylic acids is 1. The van der Waals surface area contributed by atoms with E-state index in [0.29, 0.717) is 9.90 Å². The molecule has 0 aliphatic rings. The molecule has 0 spiro atoms. The number of amides is 1. The van der Waals surface area contributed by atoms with Gasteiger partial charge in [-0.2, -0.15) is 18.3 Å². The van der Waals surface area contributed by atoms with E-state index in [1.165, 1.54) is 52.6 Å². The Morgan fingerprint density at radius 3 is 2.35 bits per heavy atom. The normalized spacial score (nSPS) is 11.7. The van der Waals surface area contributed by atoms with Gasteiger partial charge in [0.2, 0.25) is 0 Å². The van der Waals surface area contributed by atoms with Crippen molar-refractivity contribution in [2.75, 3.05) is 5.75 Å². The molecule has 1 aromatic heterocycles. The van der Waals surface area contributed by atoms with Crippen LogP contribution in [0.2, 0.25) is 0 Å². The van der Waals surface area contributed by atoms with Crippen molar-refractivity contribution in [3.63, 3.8) is 0 Å². The molecule has 31 heavy (non-hydrogen) atoms. The first-order chi connectivity index (χ1) is 14.8. The number of hydrogen-bond donors (Lipinski definition) is 1. The van der Waals surface area contributed by atoms with Gasteiger partial charge < -0.3 is 0 Å². The number of aryl methyl sites for hydroxylation is 1. The third kappa shape index (κ3) is 7.67. The van der Waals surface area contributed by atoms with Crippen molar-refractivity contribution in [3.05, 3.63) is 70.8 Å². The second-order valence-corrected chi connectivity index (χ2v) is 9.73. The summed E-state index contributed by atoms with van der Waals surface area (Å²) in [5.41, 5.74) is 4.46. The largest absolute Gasteiger partial charge is 0.416 e. The Hall–Kier alpha value is -2.37. The van der Waals surface area contributed by atoms with Crippen LogP contribution >= 0.6 is 34.9 Å². The number of alkyl halides is 3. The zero-order valence-corrected chi connectivity index (χ0v) is 18.7. The number of carbonyl (C=O) groups is 1. The Kier molecular flexibility index (Phi) is 8.10. The first-order valence-corrected chi connectivity index (χ1v) is 11.7. The molecular formula is C20H17F3N4OS3. The van der Waals surface area contributed by atoms with E-state index in [9.17, 15) is 18.0 Å². The van der Waals surface area contributed by atoms with E-state index < -0.39 is 11.7 Å². The average Bonchev–Trinajstić information content (AvgIpc) is 3.19. The lowest BCUT2D eigenvalue weighted by atomic mass is 10.1. The molecule has 0 aliphatic heterocycles. The molecule has 0 saturated heterocycles. The number of nitrogens with one attached hydrogen (secondary N) is 1. The van der Waals surface area contributed by atoms with Crippen molar-refractivity contribution in [2.45, 2.75) is 27.5 Å². The molecule has 0 atom stereocenters. The van der Waals surface area contributed by atoms with Crippen LogP contribution in [0.25, 0.3) is 0 Å². The molecule has 0 bridgehead atoms. The van der Waals surface area contributed by atoms with Crippen molar-refractivity contribution in [1.29, 1.82) is 0 Å². The van der Waals surface area contributed by atoms with Crippen molar-refractivity contribution < 1.29 is 18.0 Å². The van der Waals surface area contributed by atoms with E-state index >= 15 is 0 Å². The van der Waals surface area contributed by atoms with Gasteiger partial charge in [0, 0.05) is 5.75 Å². The summed E-state index contributed by atoms with van der Waals surface area (Å²) >= 11 is 4.24. The van der Waals surface area contributed by atoms with Gasteiger partial charge in [0.15, 0.2) is 8.68 Å². The first-order valence-electron chi connectivity index (χ1n) is 8.93. The summed E-state index contributed by atoms with van der Waals surface area (Å²) < 4.78 is 39.1. The summed E-state index contributed by atoms with van der Waals surface area (Å²) in [4.78, 5) is 11.9. The fraction of sp³-hybridized carbons (Fsp3) is 0.200. The quantitative estimate of drug-likeness (QED) is 0.265. The standard InChI is InChI=1S/C20H17F3N4OS3/c1-13-2-4-15(5-3-13)11-29-18-26-27-19(31-18)30-12-17(28)25-24-10-14-6-8-16(9-7-14)20(21,22)23/h2-10H,11-12H2,1H3,(H,25,28)/b24-10+. The zero-order chi connectivity index (χ0) is 22.3. The van der Waals surface area contributed by atoms with Gasteiger partial charge in [0.1, 0.15) is 0 Å². The molecule has 1 N–H and O–H groups in total. The number of nitrogens with zero attached hydrogens (tertiary/aromatic N) is 3. The lowest BCUT2D eigenvalue weighted by Gasteiger charge is -2.05. The van der Waals surface area contributed by atoms with Crippen molar-refractivity contribution in [3.8, 4) is 0 Å². The Balaban J connectivity index is 1.40. The molecule has 3 rings (SSSR count). The highest BCUT2D eigenvalue weighted by Gasteiger charge is 2.29. The van der Waals surface area contributed by atoms with E-state index in [1.54, 1.807) is 11.8 Å². The van der Waals surface area contributed by atoms with Crippen LogP contribution in [0.5, 0.6) is 0 Å². The summed E-state index contributed by atoms with van der Waals surface area (Å²) in [5.74, 6) is 0.539. The molecule has 5 nitrogen and oxygen atoms in total. The lowest BCUT2D eigenvalue weighted by molar-refractivity contribution is -0.137. The number of aromatic nitrogens is 2. The Morgan fingerprint density at radius 1 is 1.06 bits per heavy atom. The van der Waals surface area contributed by atoms with Crippen molar-refractivity contribution >= 4 is 47.0 Å². The summed E-state index contributed by atoms with van der Waals surface area (Å²) in [6.45, 7) is 2.04. The van der Waals surface area contributed by atoms with Gasteiger partial charge in [0.25, 0.3) is 5.91 Å². The van der Waals surface area contributed by atoms with Crippen LogP contribution in [0.3, 0.4) is 0 Å². The Morgan fingerprint density at radius 2 is 1.71 bits per heavy atom. The molecule has 3 aromatic rings.